The molecular formula is C24H27ClN4O2. The maximum absolute atomic E-state index is 13.3. The van der Waals surface area contributed by atoms with Gasteiger partial charge in [0.05, 0.1) is 29.4 Å². The molecule has 7 heteroatoms. The van der Waals surface area contributed by atoms with Crippen LogP contribution in [0.2, 0.25) is 5.02 Å². The summed E-state index contributed by atoms with van der Waals surface area (Å²) in [5.74, 6) is 0. The first-order valence-electron chi connectivity index (χ1n) is 10.9. The molecule has 0 aliphatic heterocycles. The molecule has 1 N–H and O–H groups in total. The first kappa shape index (κ1) is 20.3. The number of pyridine rings is 1. The lowest BCUT2D eigenvalue weighted by molar-refractivity contribution is 0.0675. The topological polar surface area (TPSA) is 65.0 Å². The van der Waals surface area contributed by atoms with Crippen molar-refractivity contribution in [2.75, 3.05) is 0 Å². The quantitative estimate of drug-likeness (QED) is 0.453. The van der Waals surface area contributed by atoms with Gasteiger partial charge in [-0.15, -0.1) is 0 Å². The number of aliphatic hydroxyl groups is 1. The number of fused-ring (bicyclic) bond motifs is 2. The summed E-state index contributed by atoms with van der Waals surface area (Å²) < 4.78 is 6.01. The molecule has 0 atom stereocenters. The molecule has 0 saturated heterocycles. The molecule has 162 valence electrons. The number of rotatable bonds is 7. The zero-order chi connectivity index (χ0) is 21.8. The Morgan fingerprint density at radius 2 is 1.94 bits per heavy atom. The Balaban J connectivity index is 1.58. The second-order valence-electron chi connectivity index (χ2n) is 9.24. The second kappa shape index (κ2) is 7.53. The van der Waals surface area contributed by atoms with E-state index in [0.29, 0.717) is 24.0 Å². The van der Waals surface area contributed by atoms with Crippen LogP contribution in [0, 0.1) is 0 Å². The summed E-state index contributed by atoms with van der Waals surface area (Å²) >= 11 is 6.24. The third-order valence-corrected chi connectivity index (χ3v) is 6.35. The highest BCUT2D eigenvalue weighted by Gasteiger charge is 2.29. The lowest BCUT2D eigenvalue weighted by Crippen LogP contribution is -2.25. The number of halogens is 1. The Morgan fingerprint density at radius 3 is 2.68 bits per heavy atom. The average molecular weight is 439 g/mol. The van der Waals surface area contributed by atoms with Gasteiger partial charge in [-0.1, -0.05) is 11.6 Å². The van der Waals surface area contributed by atoms with Crippen molar-refractivity contribution < 1.29 is 5.11 Å². The van der Waals surface area contributed by atoms with Crippen LogP contribution < -0.4 is 5.69 Å². The van der Waals surface area contributed by atoms with Crippen LogP contribution >= 0.6 is 11.6 Å². The molecule has 3 heterocycles. The molecule has 4 aromatic rings. The van der Waals surface area contributed by atoms with E-state index in [9.17, 15) is 9.90 Å². The van der Waals surface area contributed by atoms with Gasteiger partial charge in [0.15, 0.2) is 0 Å². The van der Waals surface area contributed by atoms with Crippen molar-refractivity contribution in [2.24, 2.45) is 0 Å². The highest BCUT2D eigenvalue weighted by Crippen LogP contribution is 2.36. The molecule has 1 aromatic carbocycles. The van der Waals surface area contributed by atoms with Gasteiger partial charge in [-0.05, 0) is 69.9 Å². The molecule has 1 aliphatic carbocycles. The molecular weight excluding hydrogens is 412 g/mol. The maximum Gasteiger partial charge on any atom is 0.329 e. The summed E-state index contributed by atoms with van der Waals surface area (Å²) in [6.45, 7) is 4.90. The van der Waals surface area contributed by atoms with Gasteiger partial charge < -0.3 is 9.67 Å². The van der Waals surface area contributed by atoms with E-state index in [-0.39, 0.29) is 5.69 Å². The van der Waals surface area contributed by atoms with Crippen molar-refractivity contribution in [3.63, 3.8) is 0 Å². The monoisotopic (exact) mass is 438 g/mol. The molecule has 0 unspecified atom stereocenters. The third-order valence-electron chi connectivity index (χ3n) is 6.12. The minimum Gasteiger partial charge on any atom is -0.390 e. The van der Waals surface area contributed by atoms with E-state index >= 15 is 0 Å². The van der Waals surface area contributed by atoms with Crippen molar-refractivity contribution in [2.45, 2.75) is 64.3 Å². The van der Waals surface area contributed by atoms with Crippen LogP contribution in [-0.4, -0.2) is 29.4 Å². The molecule has 1 fully saturated rings. The predicted molar refractivity (Wildman–Crippen MR) is 124 cm³/mol. The Kier molecular flexibility index (Phi) is 4.94. The van der Waals surface area contributed by atoms with Crippen LogP contribution in [-0.2, 0) is 13.1 Å². The largest absolute Gasteiger partial charge is 0.390 e. The molecule has 1 aliphatic rings. The number of hydrogen-bond acceptors (Lipinski definition) is 3. The lowest BCUT2D eigenvalue weighted by Gasteiger charge is -2.18. The number of imidazole rings is 1. The molecule has 0 spiro atoms. The first-order chi connectivity index (χ1) is 14.8. The van der Waals surface area contributed by atoms with Crippen LogP contribution in [0.4, 0.5) is 0 Å². The van der Waals surface area contributed by atoms with Gasteiger partial charge in [0, 0.05) is 40.4 Å². The van der Waals surface area contributed by atoms with E-state index in [1.54, 1.807) is 12.4 Å². The van der Waals surface area contributed by atoms with E-state index in [1.165, 1.54) is 0 Å². The number of nitrogens with zero attached hydrogens (tertiary/aromatic N) is 4. The molecule has 6 nitrogen and oxygen atoms in total. The molecule has 3 aromatic heterocycles. The fourth-order valence-electron chi connectivity index (χ4n) is 4.49. The molecule has 1 saturated carbocycles. The van der Waals surface area contributed by atoms with Gasteiger partial charge in [0.1, 0.15) is 0 Å². The van der Waals surface area contributed by atoms with Gasteiger partial charge in [-0.3, -0.25) is 14.1 Å². The molecule has 5 rings (SSSR count). The Morgan fingerprint density at radius 1 is 1.13 bits per heavy atom. The van der Waals surface area contributed by atoms with E-state index in [1.807, 2.05) is 47.2 Å². The summed E-state index contributed by atoms with van der Waals surface area (Å²) in [7, 11) is 0. The summed E-state index contributed by atoms with van der Waals surface area (Å²) in [6.07, 6.45) is 7.18. The van der Waals surface area contributed by atoms with Crippen LogP contribution in [0.1, 0.15) is 51.3 Å². The van der Waals surface area contributed by atoms with Gasteiger partial charge in [-0.2, -0.15) is 0 Å². The van der Waals surface area contributed by atoms with Crippen molar-refractivity contribution >= 4 is 33.5 Å². The van der Waals surface area contributed by atoms with Crippen LogP contribution in [0.5, 0.6) is 0 Å². The summed E-state index contributed by atoms with van der Waals surface area (Å²) in [4.78, 5) is 17.6. The third kappa shape index (κ3) is 3.90. The maximum atomic E-state index is 13.3. The van der Waals surface area contributed by atoms with Crippen molar-refractivity contribution in [3.8, 4) is 0 Å². The molecule has 31 heavy (non-hydrogen) atoms. The lowest BCUT2D eigenvalue weighted by atomic mass is 10.0. The zero-order valence-corrected chi connectivity index (χ0v) is 18.6. The van der Waals surface area contributed by atoms with Crippen LogP contribution in [0.15, 0.2) is 47.5 Å². The number of hydrogen-bond donors (Lipinski definition) is 1. The van der Waals surface area contributed by atoms with Crippen LogP contribution in [0.3, 0.4) is 0 Å². The zero-order valence-electron chi connectivity index (χ0n) is 17.9. The van der Waals surface area contributed by atoms with Crippen LogP contribution in [0.25, 0.3) is 21.9 Å². The average Bonchev–Trinajstić information content (AvgIpc) is 3.43. The fraction of sp³-hybridized carbons (Fsp3) is 0.417. The second-order valence-corrected chi connectivity index (χ2v) is 9.68. The molecule has 0 bridgehead atoms. The van der Waals surface area contributed by atoms with Gasteiger partial charge >= 0.3 is 5.69 Å². The standard InChI is InChI=1S/C24H27ClN4O2/c1-24(2,31)9-3-11-27-19(13-16-12-17(25)4-7-20(16)27)15-28-22-14-26-10-8-21(22)29(23(28)30)18-5-6-18/h4,7-8,10,12-14,18,31H,3,5-6,9,11,15H2,1-2H3. The predicted octanol–water partition coefficient (Wildman–Crippen LogP) is 4.74. The fourth-order valence-corrected chi connectivity index (χ4v) is 4.67. The first-order valence-corrected chi connectivity index (χ1v) is 11.2. The summed E-state index contributed by atoms with van der Waals surface area (Å²) in [5, 5.41) is 11.9. The van der Waals surface area contributed by atoms with Crippen molar-refractivity contribution in [1.29, 1.82) is 0 Å². The number of aromatic nitrogens is 4. The van der Waals surface area contributed by atoms with E-state index < -0.39 is 5.60 Å². The molecule has 0 amide bonds. The Bertz CT molecular complexity index is 1320. The minimum atomic E-state index is -0.702. The van der Waals surface area contributed by atoms with E-state index in [0.717, 1.165) is 53.4 Å². The van der Waals surface area contributed by atoms with Gasteiger partial charge in [0.25, 0.3) is 0 Å². The molecule has 0 radical (unpaired) electrons. The van der Waals surface area contributed by atoms with E-state index in [4.69, 9.17) is 11.6 Å². The van der Waals surface area contributed by atoms with E-state index in [2.05, 4.69) is 15.6 Å². The highest BCUT2D eigenvalue weighted by atomic mass is 35.5. The van der Waals surface area contributed by atoms with Gasteiger partial charge in [-0.25, -0.2) is 4.79 Å². The Hall–Kier alpha value is -2.57. The number of aryl methyl sites for hydroxylation is 1. The summed E-state index contributed by atoms with van der Waals surface area (Å²) in [6, 6.07) is 10.2. The normalized spacial score (nSPS) is 14.7. The smallest absolute Gasteiger partial charge is 0.329 e. The number of benzene rings is 1. The Labute approximate surface area is 185 Å². The minimum absolute atomic E-state index is 0.0248. The SMILES string of the molecule is CC(C)(O)CCCn1c(Cn2c(=O)n(C3CC3)c3ccncc32)cc2cc(Cl)ccc21. The summed E-state index contributed by atoms with van der Waals surface area (Å²) in [5.41, 5.74) is 3.28. The highest BCUT2D eigenvalue weighted by molar-refractivity contribution is 6.31. The van der Waals surface area contributed by atoms with Crippen molar-refractivity contribution in [1.82, 2.24) is 18.7 Å². The van der Waals surface area contributed by atoms with Gasteiger partial charge in [0.2, 0.25) is 0 Å². The van der Waals surface area contributed by atoms with Crippen molar-refractivity contribution in [3.05, 3.63) is 63.9 Å².